The van der Waals surface area contributed by atoms with E-state index in [2.05, 4.69) is 0 Å². The van der Waals surface area contributed by atoms with Gasteiger partial charge in [0.2, 0.25) is 0 Å². The van der Waals surface area contributed by atoms with Crippen molar-refractivity contribution in [2.24, 2.45) is 0 Å². The Morgan fingerprint density at radius 3 is 2.61 bits per heavy atom. The topological polar surface area (TPSA) is 66.8 Å². The summed E-state index contributed by atoms with van der Waals surface area (Å²) >= 11 is 0. The molecule has 0 radical (unpaired) electrons. The fourth-order valence-corrected chi connectivity index (χ4v) is 2.12. The van der Waals surface area contributed by atoms with Gasteiger partial charge in [0.1, 0.15) is 6.10 Å². The monoisotopic (exact) mass is 250 g/mol. The number of aliphatic hydroxyl groups excluding tert-OH is 2. The van der Waals surface area contributed by atoms with Crippen LogP contribution in [0.5, 0.6) is 0 Å². The van der Waals surface area contributed by atoms with Crippen molar-refractivity contribution in [3.05, 3.63) is 34.9 Å². The zero-order chi connectivity index (χ0) is 13.1. The van der Waals surface area contributed by atoms with E-state index in [4.69, 9.17) is 4.74 Å². The molecule has 1 aliphatic rings. The highest BCUT2D eigenvalue weighted by Gasteiger charge is 2.23. The van der Waals surface area contributed by atoms with E-state index < -0.39 is 18.2 Å². The van der Waals surface area contributed by atoms with Crippen molar-refractivity contribution in [3.8, 4) is 0 Å². The van der Waals surface area contributed by atoms with E-state index >= 15 is 0 Å². The Hall–Kier alpha value is -1.39. The predicted octanol–water partition coefficient (Wildman–Crippen LogP) is 1.13. The van der Waals surface area contributed by atoms with E-state index in [1.165, 1.54) is 11.1 Å². The Bertz CT molecular complexity index is 441. The second kappa shape index (κ2) is 5.50. The molecule has 0 amide bonds. The van der Waals surface area contributed by atoms with Crippen molar-refractivity contribution >= 4 is 5.97 Å². The molecule has 18 heavy (non-hydrogen) atoms. The summed E-state index contributed by atoms with van der Waals surface area (Å²) in [6, 6.07) is 5.67. The van der Waals surface area contributed by atoms with Crippen LogP contribution < -0.4 is 0 Å². The highest BCUT2D eigenvalue weighted by molar-refractivity contribution is 5.70. The molecular weight excluding hydrogens is 232 g/mol. The molecule has 4 nitrogen and oxygen atoms in total. The minimum atomic E-state index is -1.12. The Kier molecular flexibility index (Phi) is 3.99. The molecule has 1 aliphatic carbocycles. The van der Waals surface area contributed by atoms with Crippen LogP contribution >= 0.6 is 0 Å². The molecular formula is C14H18O4. The molecule has 0 aliphatic heterocycles. The first kappa shape index (κ1) is 13.1. The van der Waals surface area contributed by atoms with Crippen LogP contribution in [0.2, 0.25) is 0 Å². The molecule has 0 fully saturated rings. The number of benzene rings is 1. The van der Waals surface area contributed by atoms with Crippen molar-refractivity contribution in [2.75, 3.05) is 6.61 Å². The highest BCUT2D eigenvalue weighted by Crippen LogP contribution is 2.28. The smallest absolute Gasteiger partial charge is 0.308 e. The van der Waals surface area contributed by atoms with Crippen LogP contribution in [0.3, 0.4) is 0 Å². The third-order valence-corrected chi connectivity index (χ3v) is 3.28. The summed E-state index contributed by atoms with van der Waals surface area (Å²) in [5.41, 5.74) is 3.17. The number of hydrogen-bond donors (Lipinski definition) is 2. The van der Waals surface area contributed by atoms with Crippen molar-refractivity contribution in [2.45, 2.75) is 38.4 Å². The van der Waals surface area contributed by atoms with Crippen LogP contribution in [0.1, 0.15) is 36.1 Å². The third kappa shape index (κ3) is 2.71. The van der Waals surface area contributed by atoms with Gasteiger partial charge in [-0.05, 0) is 36.5 Å². The molecule has 2 atom stereocenters. The number of fused-ring (bicyclic) bond motifs is 1. The minimum Gasteiger partial charge on any atom is -0.466 e. The maximum absolute atomic E-state index is 11.2. The molecule has 0 saturated carbocycles. The second-order valence-electron chi connectivity index (χ2n) is 4.55. The first-order chi connectivity index (χ1) is 8.61. The largest absolute Gasteiger partial charge is 0.466 e. The standard InChI is InChI=1S/C14H18O4/c1-2-18-13(16)8-12(15)14(17)11-6-4-9-3-5-10(9)7-11/h4,6-7,12,14-15,17H,2-3,5,8H2,1H3. The molecule has 2 unspecified atom stereocenters. The summed E-state index contributed by atoms with van der Waals surface area (Å²) in [6.45, 7) is 1.98. The number of carbonyl (C=O) groups excluding carboxylic acids is 1. The summed E-state index contributed by atoms with van der Waals surface area (Å²) in [6.07, 6.45) is -0.255. The average molecular weight is 250 g/mol. The van der Waals surface area contributed by atoms with Gasteiger partial charge >= 0.3 is 5.97 Å². The number of rotatable bonds is 5. The van der Waals surface area contributed by atoms with Crippen molar-refractivity contribution in [1.82, 2.24) is 0 Å². The highest BCUT2D eigenvalue weighted by atomic mass is 16.5. The lowest BCUT2D eigenvalue weighted by Gasteiger charge is -2.23. The molecule has 2 N–H and O–H groups in total. The van der Waals surface area contributed by atoms with Crippen molar-refractivity contribution < 1.29 is 19.7 Å². The van der Waals surface area contributed by atoms with Gasteiger partial charge in [0, 0.05) is 0 Å². The fraction of sp³-hybridized carbons (Fsp3) is 0.500. The van der Waals surface area contributed by atoms with E-state index in [9.17, 15) is 15.0 Å². The van der Waals surface area contributed by atoms with Gasteiger partial charge in [0.15, 0.2) is 0 Å². The lowest BCUT2D eigenvalue weighted by molar-refractivity contribution is -0.147. The minimum absolute atomic E-state index is 0.188. The first-order valence-electron chi connectivity index (χ1n) is 6.25. The summed E-state index contributed by atoms with van der Waals surface area (Å²) < 4.78 is 4.74. The summed E-state index contributed by atoms with van der Waals surface area (Å²) in [7, 11) is 0. The Morgan fingerprint density at radius 2 is 2.06 bits per heavy atom. The number of hydrogen-bond acceptors (Lipinski definition) is 4. The molecule has 0 spiro atoms. The summed E-state index contributed by atoms with van der Waals surface area (Å²) in [5, 5.41) is 19.8. The first-order valence-corrected chi connectivity index (χ1v) is 6.25. The molecule has 2 rings (SSSR count). The Morgan fingerprint density at radius 1 is 1.33 bits per heavy atom. The molecule has 0 aromatic heterocycles. The van der Waals surface area contributed by atoms with Crippen molar-refractivity contribution in [3.63, 3.8) is 0 Å². The van der Waals surface area contributed by atoms with Crippen LogP contribution in [0.15, 0.2) is 18.2 Å². The average Bonchev–Trinajstić information content (AvgIpc) is 2.30. The van der Waals surface area contributed by atoms with Gasteiger partial charge in [-0.15, -0.1) is 0 Å². The van der Waals surface area contributed by atoms with Crippen LogP contribution in [0, 0.1) is 0 Å². The molecule has 0 heterocycles. The maximum atomic E-state index is 11.2. The molecule has 1 aromatic carbocycles. The SMILES string of the molecule is CCOC(=O)CC(O)C(O)c1ccc2c(c1)CC2. The van der Waals surface area contributed by atoms with Crippen molar-refractivity contribution in [1.29, 1.82) is 0 Å². The summed E-state index contributed by atoms with van der Waals surface area (Å²) in [5.74, 6) is -0.493. The Labute approximate surface area is 106 Å². The van der Waals surface area contributed by atoms with E-state index in [1.54, 1.807) is 13.0 Å². The van der Waals surface area contributed by atoms with Crippen LogP contribution in [-0.2, 0) is 22.4 Å². The second-order valence-corrected chi connectivity index (χ2v) is 4.55. The number of aliphatic hydroxyl groups is 2. The molecule has 98 valence electrons. The number of aryl methyl sites for hydroxylation is 2. The van der Waals surface area contributed by atoms with Gasteiger partial charge < -0.3 is 14.9 Å². The third-order valence-electron chi connectivity index (χ3n) is 3.28. The zero-order valence-corrected chi connectivity index (χ0v) is 10.4. The lowest BCUT2D eigenvalue weighted by Crippen LogP contribution is -2.23. The van der Waals surface area contributed by atoms with E-state index in [0.717, 1.165) is 12.8 Å². The normalized spacial score (nSPS) is 16.4. The van der Waals surface area contributed by atoms with Gasteiger partial charge in [-0.1, -0.05) is 18.2 Å². The van der Waals surface area contributed by atoms with Gasteiger partial charge in [-0.2, -0.15) is 0 Å². The number of esters is 1. The quantitative estimate of drug-likeness (QED) is 0.769. The molecule has 0 saturated heterocycles. The molecule has 0 bridgehead atoms. The lowest BCUT2D eigenvalue weighted by atomic mass is 9.86. The number of carbonyl (C=O) groups is 1. The van der Waals surface area contributed by atoms with Gasteiger partial charge in [-0.3, -0.25) is 4.79 Å². The zero-order valence-electron chi connectivity index (χ0n) is 10.4. The van der Waals surface area contributed by atoms with Gasteiger partial charge in [0.25, 0.3) is 0 Å². The van der Waals surface area contributed by atoms with E-state index in [-0.39, 0.29) is 13.0 Å². The summed E-state index contributed by atoms with van der Waals surface area (Å²) in [4.78, 5) is 11.2. The maximum Gasteiger partial charge on any atom is 0.308 e. The van der Waals surface area contributed by atoms with E-state index in [1.807, 2.05) is 12.1 Å². The van der Waals surface area contributed by atoms with Gasteiger partial charge in [0.05, 0.1) is 19.1 Å². The molecule has 1 aromatic rings. The Balaban J connectivity index is 1.99. The van der Waals surface area contributed by atoms with Crippen LogP contribution in [-0.4, -0.2) is 28.9 Å². The number of ether oxygens (including phenoxy) is 1. The fourth-order valence-electron chi connectivity index (χ4n) is 2.12. The van der Waals surface area contributed by atoms with Gasteiger partial charge in [-0.25, -0.2) is 0 Å². The van der Waals surface area contributed by atoms with Crippen LogP contribution in [0.25, 0.3) is 0 Å². The predicted molar refractivity (Wildman–Crippen MR) is 66.1 cm³/mol. The molecule has 4 heteroatoms. The van der Waals surface area contributed by atoms with Crippen LogP contribution in [0.4, 0.5) is 0 Å². The van der Waals surface area contributed by atoms with E-state index in [0.29, 0.717) is 5.56 Å².